The predicted octanol–water partition coefficient (Wildman–Crippen LogP) is 5.42. The van der Waals surface area contributed by atoms with E-state index >= 15 is 0 Å². The second-order valence-electron chi connectivity index (χ2n) is 16.9. The molecule has 0 radical (unpaired) electrons. The van der Waals surface area contributed by atoms with E-state index in [1.54, 1.807) is 13.2 Å². The monoisotopic (exact) mass is 800 g/mol. The molecule has 3 amide bonds. The van der Waals surface area contributed by atoms with Gasteiger partial charge in [-0.05, 0) is 56.1 Å². The van der Waals surface area contributed by atoms with E-state index in [1.165, 1.54) is 11.0 Å². The van der Waals surface area contributed by atoms with Gasteiger partial charge in [-0.2, -0.15) is 8.42 Å². The summed E-state index contributed by atoms with van der Waals surface area (Å²) in [5.41, 5.74) is -0.157. The summed E-state index contributed by atoms with van der Waals surface area (Å²) in [6.45, 7) is 10.8. The molecule has 3 aromatic rings. The zero-order chi connectivity index (χ0) is 40.7. The lowest BCUT2D eigenvalue weighted by Gasteiger charge is -2.36. The van der Waals surface area contributed by atoms with Gasteiger partial charge in [-0.3, -0.25) is 14.4 Å². The Labute approximate surface area is 334 Å². The van der Waals surface area contributed by atoms with Crippen LogP contribution >= 0.6 is 0 Å². The first kappa shape index (κ1) is 40.2. The molecule has 3 heterocycles. The number of benzene rings is 2. The van der Waals surface area contributed by atoms with Gasteiger partial charge in [-0.25, -0.2) is 9.78 Å². The Bertz CT molecular complexity index is 2160. The zero-order valence-electron chi connectivity index (χ0n) is 33.1. The second-order valence-corrected chi connectivity index (χ2v) is 18.7. The van der Waals surface area contributed by atoms with Crippen LogP contribution in [0.15, 0.2) is 67.3 Å². The molecule has 5 atom stereocenters. The molecule has 2 saturated carbocycles. The Morgan fingerprint density at radius 1 is 1.04 bits per heavy atom. The Hall–Kier alpha value is -4.98. The van der Waals surface area contributed by atoms with E-state index in [0.29, 0.717) is 54.0 Å². The van der Waals surface area contributed by atoms with Crippen molar-refractivity contribution in [3.63, 3.8) is 0 Å². The summed E-state index contributed by atoms with van der Waals surface area (Å²) in [6.07, 6.45) is 4.62. The third-order valence-corrected chi connectivity index (χ3v) is 13.4. The van der Waals surface area contributed by atoms with Crippen LogP contribution in [0.4, 0.5) is 0 Å². The summed E-state index contributed by atoms with van der Waals surface area (Å²) >= 11 is 0. The van der Waals surface area contributed by atoms with Crippen LogP contribution in [0.25, 0.3) is 22.2 Å². The molecule has 1 N–H and O–H groups in total. The molecule has 2 aliphatic carbocycles. The highest BCUT2D eigenvalue weighted by Crippen LogP contribution is 2.47. The third-order valence-electron chi connectivity index (χ3n) is 11.8. The summed E-state index contributed by atoms with van der Waals surface area (Å²) in [7, 11) is -2.57. The number of hydrogen-bond acceptors (Lipinski definition) is 10. The standard InChI is InChI=1S/C43H52N4O9S/c1-6-28-25-43(28,41(51)56-57(52,53)31-16-17-31)45-39(49)36-22-30(26-47(36)40(50)33(42(2,3)4)23-38(48)46-19-11-8-12-20-46)55-37-24-34(27-13-9-7-10-14-27)44-35-21-29(54-5)15-18-32(35)37/h6-7,9-10,13-15,18,21,24,28,30-31,33,36H,1,8,11-12,16-17,19-20,22-23,25-26H2,2-5H3,(H,45,49)/t28?,30-,33-,36+,43?/m1/s1. The van der Waals surface area contributed by atoms with Crippen molar-refractivity contribution in [2.24, 2.45) is 17.3 Å². The largest absolute Gasteiger partial charge is 0.497 e. The van der Waals surface area contributed by atoms with Gasteiger partial charge in [0.15, 0.2) is 0 Å². The Morgan fingerprint density at radius 2 is 1.75 bits per heavy atom. The highest BCUT2D eigenvalue weighted by molar-refractivity contribution is 7.88. The minimum Gasteiger partial charge on any atom is -0.497 e. The van der Waals surface area contributed by atoms with Crippen molar-refractivity contribution in [3.8, 4) is 22.8 Å². The van der Waals surface area contributed by atoms with Crippen LogP contribution in [0.1, 0.15) is 72.1 Å². The molecule has 304 valence electrons. The molecule has 2 aromatic carbocycles. The molecule has 2 saturated heterocycles. The van der Waals surface area contributed by atoms with E-state index in [2.05, 4.69) is 11.9 Å². The Kier molecular flexibility index (Phi) is 11.1. The molecule has 2 unspecified atom stereocenters. The number of carbonyl (C=O) groups is 4. The lowest BCUT2D eigenvalue weighted by molar-refractivity contribution is -0.149. The minimum atomic E-state index is -4.15. The van der Waals surface area contributed by atoms with Crippen LogP contribution < -0.4 is 14.8 Å². The van der Waals surface area contributed by atoms with Crippen LogP contribution in [-0.2, 0) is 33.5 Å². The number of nitrogens with zero attached hydrogens (tertiary/aromatic N) is 3. The first-order valence-electron chi connectivity index (χ1n) is 19.8. The maximum Gasteiger partial charge on any atom is 0.348 e. The van der Waals surface area contributed by atoms with Crippen molar-refractivity contribution in [1.82, 2.24) is 20.1 Å². The van der Waals surface area contributed by atoms with Crippen LogP contribution in [-0.4, -0.2) is 96.6 Å². The van der Waals surface area contributed by atoms with Crippen molar-refractivity contribution in [2.45, 2.75) is 95.1 Å². The minimum absolute atomic E-state index is 0.0143. The summed E-state index contributed by atoms with van der Waals surface area (Å²) in [5, 5.41) is 2.76. The SMILES string of the molecule is C=CC1CC1(NC(=O)[C@@H]1C[C@@H](Oc2cc(-c3ccccc3)nc3cc(OC)ccc23)CN1C(=O)[C@@H](CC(=O)N1CCCCC1)C(C)(C)C)C(=O)OS(=O)(=O)C1CC1. The van der Waals surface area contributed by atoms with Gasteiger partial charge in [0.05, 0.1) is 36.0 Å². The van der Waals surface area contributed by atoms with E-state index in [4.69, 9.17) is 18.6 Å². The molecule has 0 spiro atoms. The number of pyridine rings is 1. The number of nitrogens with one attached hydrogen (secondary N) is 1. The van der Waals surface area contributed by atoms with Crippen LogP contribution in [0.3, 0.4) is 0 Å². The van der Waals surface area contributed by atoms with E-state index in [9.17, 15) is 27.6 Å². The lowest BCUT2D eigenvalue weighted by atomic mass is 9.77. The van der Waals surface area contributed by atoms with Gasteiger partial charge in [0.2, 0.25) is 17.7 Å². The topological polar surface area (TPSA) is 162 Å². The second kappa shape index (κ2) is 15.8. The van der Waals surface area contributed by atoms with Gasteiger partial charge in [0.25, 0.3) is 0 Å². The molecule has 1 aromatic heterocycles. The first-order chi connectivity index (χ1) is 27.1. The highest BCUT2D eigenvalue weighted by atomic mass is 32.2. The number of piperidine rings is 1. The smallest absolute Gasteiger partial charge is 0.348 e. The van der Waals surface area contributed by atoms with Gasteiger partial charge in [-0.15, -0.1) is 6.58 Å². The molecule has 13 nitrogen and oxygen atoms in total. The number of carbonyl (C=O) groups excluding carboxylic acids is 4. The van der Waals surface area contributed by atoms with Gasteiger partial charge in [-0.1, -0.05) is 57.2 Å². The van der Waals surface area contributed by atoms with Gasteiger partial charge in [0, 0.05) is 54.9 Å². The number of aromatic nitrogens is 1. The Balaban J connectivity index is 1.21. The van der Waals surface area contributed by atoms with E-state index in [-0.39, 0.29) is 37.6 Å². The number of methoxy groups -OCH3 is 1. The van der Waals surface area contributed by atoms with Gasteiger partial charge >= 0.3 is 16.1 Å². The maximum absolute atomic E-state index is 14.9. The quantitative estimate of drug-likeness (QED) is 0.175. The summed E-state index contributed by atoms with van der Waals surface area (Å²) < 4.78 is 42.7. The molecule has 4 aliphatic rings. The van der Waals surface area contributed by atoms with Crippen LogP contribution in [0.2, 0.25) is 0 Å². The normalized spacial score (nSPS) is 24.0. The fourth-order valence-electron chi connectivity index (χ4n) is 8.03. The zero-order valence-corrected chi connectivity index (χ0v) is 33.9. The number of ether oxygens (including phenoxy) is 2. The van der Waals surface area contributed by atoms with Gasteiger partial charge in [0.1, 0.15) is 29.2 Å². The van der Waals surface area contributed by atoms with E-state index in [0.717, 1.165) is 24.8 Å². The maximum atomic E-state index is 14.9. The average molecular weight is 801 g/mol. The van der Waals surface area contributed by atoms with Crippen LogP contribution in [0.5, 0.6) is 11.5 Å². The number of rotatable bonds is 13. The molecule has 4 fully saturated rings. The number of hydrogen-bond donors (Lipinski definition) is 1. The van der Waals surface area contributed by atoms with Gasteiger partial charge < -0.3 is 28.8 Å². The summed E-state index contributed by atoms with van der Waals surface area (Å²) in [6, 6.07) is 15.8. The predicted molar refractivity (Wildman–Crippen MR) is 213 cm³/mol. The van der Waals surface area contributed by atoms with Crippen LogP contribution in [0, 0.1) is 17.3 Å². The number of fused-ring (bicyclic) bond motifs is 1. The number of amides is 3. The molecule has 2 aliphatic heterocycles. The van der Waals surface area contributed by atoms with Crippen molar-refractivity contribution >= 4 is 44.7 Å². The van der Waals surface area contributed by atoms with E-state index < -0.39 is 62.2 Å². The third kappa shape index (κ3) is 8.51. The van der Waals surface area contributed by atoms with Crippen molar-refractivity contribution in [2.75, 3.05) is 26.7 Å². The molecule has 57 heavy (non-hydrogen) atoms. The fraction of sp³-hybridized carbons (Fsp3) is 0.512. The van der Waals surface area contributed by atoms with Crippen molar-refractivity contribution < 1.29 is 41.3 Å². The van der Waals surface area contributed by atoms with E-state index in [1.807, 2.05) is 74.2 Å². The number of likely N-dealkylation sites (tertiary alicyclic amines) is 2. The summed E-state index contributed by atoms with van der Waals surface area (Å²) in [4.78, 5) is 64.7. The lowest BCUT2D eigenvalue weighted by Crippen LogP contribution is -2.55. The summed E-state index contributed by atoms with van der Waals surface area (Å²) in [5.74, 6) is -2.43. The molecule has 7 rings (SSSR count). The Morgan fingerprint density at radius 3 is 2.39 bits per heavy atom. The molecule has 14 heteroatoms. The molecule has 0 bridgehead atoms. The molecular formula is C43H52N4O9S. The highest BCUT2D eigenvalue weighted by Gasteiger charge is 2.63. The molecular weight excluding hydrogens is 749 g/mol. The van der Waals surface area contributed by atoms with Crippen molar-refractivity contribution in [3.05, 3.63) is 67.3 Å². The first-order valence-corrected chi connectivity index (χ1v) is 21.3. The fourth-order valence-corrected chi connectivity index (χ4v) is 9.24. The van der Waals surface area contributed by atoms with Crippen molar-refractivity contribution in [1.29, 1.82) is 0 Å². The average Bonchev–Trinajstić information content (AvgIpc) is 4.13.